The van der Waals surface area contributed by atoms with E-state index in [0.29, 0.717) is 18.1 Å². The molecule has 16 heavy (non-hydrogen) atoms. The molecule has 0 aromatic heterocycles. The molecule has 4 nitrogen and oxygen atoms in total. The Morgan fingerprint density at radius 2 is 2.25 bits per heavy atom. The van der Waals surface area contributed by atoms with Crippen molar-refractivity contribution in [3.63, 3.8) is 0 Å². The van der Waals surface area contributed by atoms with Crippen LogP contribution in [0.15, 0.2) is 24.8 Å². The lowest BCUT2D eigenvalue weighted by Gasteiger charge is -2.11. The Hall–Kier alpha value is -1.68. The molecule has 0 aliphatic carbocycles. The molecule has 86 valence electrons. The summed E-state index contributed by atoms with van der Waals surface area (Å²) < 4.78 is 10.3. The Labute approximate surface area is 98.1 Å². The summed E-state index contributed by atoms with van der Waals surface area (Å²) in [4.78, 5) is 10.8. The molecule has 1 rings (SSSR count). The minimum absolute atomic E-state index is 0.0236. The molecular weight excluding hydrogens is 232 g/mol. The molecule has 0 saturated carbocycles. The molecule has 0 heterocycles. The SMILES string of the molecule is C=CCOc1cc(Cl)c(C(=O)O)cc1OC. The number of aromatic carboxylic acids is 1. The van der Waals surface area contributed by atoms with Crippen molar-refractivity contribution < 1.29 is 19.4 Å². The average Bonchev–Trinajstić information content (AvgIpc) is 2.25. The largest absolute Gasteiger partial charge is 0.493 e. The van der Waals surface area contributed by atoms with Gasteiger partial charge in [-0.3, -0.25) is 0 Å². The highest BCUT2D eigenvalue weighted by Gasteiger charge is 2.14. The second kappa shape index (κ2) is 5.42. The van der Waals surface area contributed by atoms with Crippen LogP contribution in [0.25, 0.3) is 0 Å². The normalized spacial score (nSPS) is 9.62. The van der Waals surface area contributed by atoms with Gasteiger partial charge in [0.05, 0.1) is 17.7 Å². The molecule has 1 aromatic carbocycles. The quantitative estimate of drug-likeness (QED) is 0.807. The van der Waals surface area contributed by atoms with Gasteiger partial charge >= 0.3 is 5.97 Å². The number of carboxylic acids is 1. The maximum Gasteiger partial charge on any atom is 0.337 e. The predicted molar refractivity (Wildman–Crippen MR) is 60.7 cm³/mol. The Kier molecular flexibility index (Phi) is 4.19. The molecule has 5 heteroatoms. The highest BCUT2D eigenvalue weighted by atomic mass is 35.5. The third kappa shape index (κ3) is 2.67. The van der Waals surface area contributed by atoms with Crippen molar-refractivity contribution >= 4 is 17.6 Å². The van der Waals surface area contributed by atoms with Gasteiger partial charge in [0.1, 0.15) is 6.61 Å². The van der Waals surface area contributed by atoms with Gasteiger partial charge in [-0.1, -0.05) is 24.3 Å². The van der Waals surface area contributed by atoms with E-state index >= 15 is 0 Å². The van der Waals surface area contributed by atoms with Gasteiger partial charge in [0.2, 0.25) is 0 Å². The first-order valence-corrected chi connectivity index (χ1v) is 4.82. The van der Waals surface area contributed by atoms with E-state index < -0.39 is 5.97 Å². The molecule has 0 unspecified atom stereocenters. The number of benzene rings is 1. The Morgan fingerprint density at radius 1 is 1.56 bits per heavy atom. The van der Waals surface area contributed by atoms with Crippen LogP contribution < -0.4 is 9.47 Å². The van der Waals surface area contributed by atoms with E-state index in [9.17, 15) is 4.79 Å². The summed E-state index contributed by atoms with van der Waals surface area (Å²) in [6, 6.07) is 2.73. The first kappa shape index (κ1) is 12.4. The van der Waals surface area contributed by atoms with E-state index in [4.69, 9.17) is 26.2 Å². The third-order valence-electron chi connectivity index (χ3n) is 1.84. The zero-order valence-electron chi connectivity index (χ0n) is 8.70. The molecule has 0 atom stereocenters. The number of methoxy groups -OCH3 is 1. The van der Waals surface area contributed by atoms with Crippen molar-refractivity contribution in [3.05, 3.63) is 35.4 Å². The summed E-state index contributed by atoms with van der Waals surface area (Å²) in [7, 11) is 1.43. The average molecular weight is 243 g/mol. The van der Waals surface area contributed by atoms with Crippen molar-refractivity contribution in [1.29, 1.82) is 0 Å². The molecule has 0 saturated heterocycles. The topological polar surface area (TPSA) is 55.8 Å². The molecule has 0 bridgehead atoms. The van der Waals surface area contributed by atoms with Crippen molar-refractivity contribution in [1.82, 2.24) is 0 Å². The number of halogens is 1. The molecule has 0 radical (unpaired) electrons. The molecule has 0 fully saturated rings. The van der Waals surface area contributed by atoms with Gasteiger partial charge in [0, 0.05) is 6.07 Å². The van der Waals surface area contributed by atoms with Crippen LogP contribution in [0.5, 0.6) is 11.5 Å². The highest BCUT2D eigenvalue weighted by Crippen LogP contribution is 2.33. The fourth-order valence-corrected chi connectivity index (χ4v) is 1.35. The van der Waals surface area contributed by atoms with Crippen LogP contribution >= 0.6 is 11.6 Å². The smallest absolute Gasteiger partial charge is 0.337 e. The fourth-order valence-electron chi connectivity index (χ4n) is 1.12. The maximum atomic E-state index is 10.8. The second-order valence-electron chi connectivity index (χ2n) is 2.89. The first-order chi connectivity index (χ1) is 7.60. The molecule has 0 aliphatic heterocycles. The third-order valence-corrected chi connectivity index (χ3v) is 2.15. The number of rotatable bonds is 5. The maximum absolute atomic E-state index is 10.8. The van der Waals surface area contributed by atoms with Gasteiger partial charge in [0.15, 0.2) is 11.5 Å². The number of carboxylic acid groups (broad SMARTS) is 1. The van der Waals surface area contributed by atoms with E-state index in [0.717, 1.165) is 0 Å². The van der Waals surface area contributed by atoms with Crippen LogP contribution in [-0.2, 0) is 0 Å². The van der Waals surface area contributed by atoms with E-state index in [-0.39, 0.29) is 10.6 Å². The lowest BCUT2D eigenvalue weighted by atomic mass is 10.2. The van der Waals surface area contributed by atoms with E-state index in [1.165, 1.54) is 19.2 Å². The van der Waals surface area contributed by atoms with Crippen molar-refractivity contribution in [2.45, 2.75) is 0 Å². The van der Waals surface area contributed by atoms with Crippen molar-refractivity contribution in [3.8, 4) is 11.5 Å². The van der Waals surface area contributed by atoms with Crippen LogP contribution in [0.2, 0.25) is 5.02 Å². The second-order valence-corrected chi connectivity index (χ2v) is 3.29. The van der Waals surface area contributed by atoms with Crippen LogP contribution in [0.1, 0.15) is 10.4 Å². The number of carbonyl (C=O) groups is 1. The van der Waals surface area contributed by atoms with E-state index in [2.05, 4.69) is 6.58 Å². The molecule has 0 amide bonds. The highest BCUT2D eigenvalue weighted by molar-refractivity contribution is 6.33. The van der Waals surface area contributed by atoms with Crippen molar-refractivity contribution in [2.75, 3.05) is 13.7 Å². The Morgan fingerprint density at radius 3 is 2.75 bits per heavy atom. The van der Waals surface area contributed by atoms with E-state index in [1.807, 2.05) is 0 Å². The van der Waals surface area contributed by atoms with Gasteiger partial charge in [-0.15, -0.1) is 0 Å². The minimum Gasteiger partial charge on any atom is -0.493 e. The number of hydrogen-bond donors (Lipinski definition) is 1. The minimum atomic E-state index is -1.11. The zero-order valence-corrected chi connectivity index (χ0v) is 9.45. The van der Waals surface area contributed by atoms with Crippen LogP contribution in [0, 0.1) is 0 Å². The van der Waals surface area contributed by atoms with Crippen LogP contribution in [-0.4, -0.2) is 24.8 Å². The molecule has 1 aromatic rings. The lowest BCUT2D eigenvalue weighted by Crippen LogP contribution is -2.01. The van der Waals surface area contributed by atoms with Crippen LogP contribution in [0.3, 0.4) is 0 Å². The number of ether oxygens (including phenoxy) is 2. The monoisotopic (exact) mass is 242 g/mol. The van der Waals surface area contributed by atoms with E-state index in [1.54, 1.807) is 6.08 Å². The van der Waals surface area contributed by atoms with Gasteiger partial charge in [0.25, 0.3) is 0 Å². The standard InChI is InChI=1S/C11H11ClO4/c1-3-4-16-10-6-8(12)7(11(13)14)5-9(10)15-2/h3,5-6H,1,4H2,2H3,(H,13,14). The van der Waals surface area contributed by atoms with Gasteiger partial charge in [-0.05, 0) is 6.07 Å². The van der Waals surface area contributed by atoms with Gasteiger partial charge in [-0.25, -0.2) is 4.79 Å². The molecule has 1 N–H and O–H groups in total. The molecule has 0 spiro atoms. The van der Waals surface area contributed by atoms with Crippen molar-refractivity contribution in [2.24, 2.45) is 0 Å². The summed E-state index contributed by atoms with van der Waals surface area (Å²) >= 11 is 5.79. The summed E-state index contributed by atoms with van der Waals surface area (Å²) in [6.45, 7) is 3.80. The fraction of sp³-hybridized carbons (Fsp3) is 0.182. The number of hydrogen-bond acceptors (Lipinski definition) is 3. The zero-order chi connectivity index (χ0) is 12.1. The first-order valence-electron chi connectivity index (χ1n) is 4.44. The molecular formula is C11H11ClO4. The summed E-state index contributed by atoms with van der Waals surface area (Å²) in [6.07, 6.45) is 1.57. The summed E-state index contributed by atoms with van der Waals surface area (Å²) in [5, 5.41) is 8.96. The lowest BCUT2D eigenvalue weighted by molar-refractivity contribution is 0.0696. The summed E-state index contributed by atoms with van der Waals surface area (Å²) in [5.41, 5.74) is -0.0236. The Bertz CT molecular complexity index is 415. The summed E-state index contributed by atoms with van der Waals surface area (Å²) in [5.74, 6) is -0.403. The Balaban J connectivity index is 3.15. The predicted octanol–water partition coefficient (Wildman–Crippen LogP) is 2.61. The van der Waals surface area contributed by atoms with Gasteiger partial charge < -0.3 is 14.6 Å². The van der Waals surface area contributed by atoms with Crippen LogP contribution in [0.4, 0.5) is 0 Å². The van der Waals surface area contributed by atoms with Gasteiger partial charge in [-0.2, -0.15) is 0 Å². The molecule has 0 aliphatic rings.